The highest BCUT2D eigenvalue weighted by Crippen LogP contribution is 2.15. The van der Waals surface area contributed by atoms with E-state index in [0.717, 1.165) is 5.56 Å². The van der Waals surface area contributed by atoms with Gasteiger partial charge >= 0.3 is 12.1 Å². The molecule has 0 aliphatic carbocycles. The van der Waals surface area contributed by atoms with Crippen molar-refractivity contribution < 1.29 is 18.8 Å². The van der Waals surface area contributed by atoms with Crippen molar-refractivity contribution in [3.8, 4) is 0 Å². The van der Waals surface area contributed by atoms with Crippen LogP contribution in [0.4, 0.5) is 15.3 Å². The van der Waals surface area contributed by atoms with Crippen LogP contribution in [0.25, 0.3) is 0 Å². The van der Waals surface area contributed by atoms with Crippen LogP contribution in [0, 0.1) is 6.92 Å². The third-order valence-corrected chi connectivity index (χ3v) is 3.85. The predicted molar refractivity (Wildman–Crippen MR) is 89.9 cm³/mol. The third-order valence-electron chi connectivity index (χ3n) is 3.85. The molecule has 2 aromatic rings. The lowest BCUT2D eigenvalue weighted by molar-refractivity contribution is 0.157. The molecule has 0 saturated carbocycles. The second-order valence-corrected chi connectivity index (χ2v) is 5.95. The summed E-state index contributed by atoms with van der Waals surface area (Å²) in [6, 6.07) is 8.93. The molecule has 1 aromatic heterocycles. The van der Waals surface area contributed by atoms with Gasteiger partial charge in [0.2, 0.25) is 0 Å². The van der Waals surface area contributed by atoms with E-state index in [1.54, 1.807) is 24.9 Å². The van der Waals surface area contributed by atoms with E-state index < -0.39 is 0 Å². The summed E-state index contributed by atoms with van der Waals surface area (Å²) < 4.78 is 9.90. The number of rotatable bonds is 5. The second kappa shape index (κ2) is 7.25. The fraction of sp³-hybridized carbons (Fsp3) is 0.353. The smallest absolute Gasteiger partial charge is 0.410 e. The molecule has 0 radical (unpaired) electrons. The maximum atomic E-state index is 12.2. The van der Waals surface area contributed by atoms with E-state index in [0.29, 0.717) is 43.4 Å². The molecule has 3 amide bonds. The van der Waals surface area contributed by atoms with E-state index in [4.69, 9.17) is 9.26 Å². The molecule has 0 bridgehead atoms. The summed E-state index contributed by atoms with van der Waals surface area (Å²) in [6.45, 7) is 3.70. The first kappa shape index (κ1) is 16.8. The lowest BCUT2D eigenvalue weighted by atomic mass is 10.2. The number of aromatic nitrogens is 1. The van der Waals surface area contributed by atoms with Crippen LogP contribution in [0.1, 0.15) is 17.0 Å². The van der Waals surface area contributed by atoms with E-state index in [1.807, 2.05) is 24.3 Å². The number of benzene rings is 1. The number of urea groups is 1. The van der Waals surface area contributed by atoms with Gasteiger partial charge in [0, 0.05) is 25.3 Å². The number of nitrogens with zero attached hydrogens (tertiary/aromatic N) is 3. The van der Waals surface area contributed by atoms with Gasteiger partial charge in [0.1, 0.15) is 18.1 Å². The molecule has 8 nitrogen and oxygen atoms in total. The normalized spacial score (nSPS) is 13.7. The van der Waals surface area contributed by atoms with Crippen LogP contribution >= 0.6 is 0 Å². The average Bonchev–Trinajstić information content (AvgIpc) is 3.18. The number of carbonyl (C=O) groups excluding carboxylic acids is 2. The number of cyclic esters (lactones) is 1. The van der Waals surface area contributed by atoms with Gasteiger partial charge in [-0.1, -0.05) is 17.3 Å². The molecule has 0 atom stereocenters. The van der Waals surface area contributed by atoms with Crippen molar-refractivity contribution in [1.29, 1.82) is 0 Å². The average molecular weight is 344 g/mol. The van der Waals surface area contributed by atoms with Crippen LogP contribution in [0.15, 0.2) is 34.9 Å². The molecule has 3 rings (SSSR count). The first-order valence-corrected chi connectivity index (χ1v) is 7.96. The molecular formula is C17H20N4O4. The highest BCUT2D eigenvalue weighted by molar-refractivity contribution is 5.89. The molecule has 0 unspecified atom stereocenters. The number of nitrogens with one attached hydrogen (secondary N) is 1. The van der Waals surface area contributed by atoms with Crippen LogP contribution in [0.5, 0.6) is 0 Å². The molecule has 25 heavy (non-hydrogen) atoms. The number of anilines is 1. The molecule has 1 saturated heterocycles. The quantitative estimate of drug-likeness (QED) is 0.901. The van der Waals surface area contributed by atoms with E-state index in [1.165, 1.54) is 4.90 Å². The van der Waals surface area contributed by atoms with Crippen LogP contribution in [-0.2, 0) is 17.8 Å². The van der Waals surface area contributed by atoms with Gasteiger partial charge in [0.25, 0.3) is 0 Å². The Hall–Kier alpha value is -3.03. The van der Waals surface area contributed by atoms with Gasteiger partial charge in [-0.05, 0) is 24.6 Å². The number of carbonyl (C=O) groups is 2. The summed E-state index contributed by atoms with van der Waals surface area (Å²) in [5.41, 5.74) is 2.35. The zero-order valence-corrected chi connectivity index (χ0v) is 14.2. The van der Waals surface area contributed by atoms with Crippen molar-refractivity contribution in [2.24, 2.45) is 0 Å². The topological polar surface area (TPSA) is 87.9 Å². The van der Waals surface area contributed by atoms with Gasteiger partial charge in [0.05, 0.1) is 13.1 Å². The fourth-order valence-corrected chi connectivity index (χ4v) is 2.51. The summed E-state index contributed by atoms with van der Waals surface area (Å²) >= 11 is 0. The highest BCUT2D eigenvalue weighted by Gasteiger charge is 2.21. The Labute approximate surface area is 145 Å². The van der Waals surface area contributed by atoms with Gasteiger partial charge in [0.15, 0.2) is 0 Å². The molecule has 1 fully saturated rings. The van der Waals surface area contributed by atoms with Crippen molar-refractivity contribution in [1.82, 2.24) is 15.0 Å². The lowest BCUT2D eigenvalue weighted by Crippen LogP contribution is -2.31. The molecular weight excluding hydrogens is 324 g/mol. The molecule has 0 spiro atoms. The Kier molecular flexibility index (Phi) is 4.87. The molecule has 8 heteroatoms. The van der Waals surface area contributed by atoms with E-state index >= 15 is 0 Å². The maximum Gasteiger partial charge on any atom is 0.410 e. The minimum atomic E-state index is -0.290. The molecule has 132 valence electrons. The molecule has 1 N–H and O–H groups in total. The summed E-state index contributed by atoms with van der Waals surface area (Å²) in [4.78, 5) is 26.8. The number of ether oxygens (including phenoxy) is 1. The van der Waals surface area contributed by atoms with Crippen molar-refractivity contribution in [2.75, 3.05) is 25.5 Å². The first-order valence-electron chi connectivity index (χ1n) is 7.96. The van der Waals surface area contributed by atoms with Crippen LogP contribution in [0.3, 0.4) is 0 Å². The van der Waals surface area contributed by atoms with Crippen molar-refractivity contribution in [2.45, 2.75) is 20.0 Å². The van der Waals surface area contributed by atoms with Crippen LogP contribution in [-0.4, -0.2) is 47.3 Å². The van der Waals surface area contributed by atoms with E-state index in [9.17, 15) is 9.59 Å². The Morgan fingerprint density at radius 3 is 2.72 bits per heavy atom. The van der Waals surface area contributed by atoms with Crippen LogP contribution in [0.2, 0.25) is 0 Å². The van der Waals surface area contributed by atoms with Gasteiger partial charge in [-0.15, -0.1) is 0 Å². The summed E-state index contributed by atoms with van der Waals surface area (Å²) in [5.74, 6) is 0.710. The Morgan fingerprint density at radius 1 is 1.36 bits per heavy atom. The largest absolute Gasteiger partial charge is 0.448 e. The fourth-order valence-electron chi connectivity index (χ4n) is 2.51. The monoisotopic (exact) mass is 344 g/mol. The minimum Gasteiger partial charge on any atom is -0.448 e. The number of amides is 3. The zero-order valence-electron chi connectivity index (χ0n) is 14.2. The van der Waals surface area contributed by atoms with Gasteiger partial charge in [-0.25, -0.2) is 9.59 Å². The van der Waals surface area contributed by atoms with E-state index in [2.05, 4.69) is 10.5 Å². The maximum absolute atomic E-state index is 12.2. The number of aryl methyl sites for hydroxylation is 1. The molecule has 2 heterocycles. The Balaban J connectivity index is 1.53. The standard InChI is InChI=1S/C17H20N4O4/c1-12-9-15(19-25-12)11-20(2)16(22)18-14-5-3-13(4-6-14)10-21-7-8-24-17(21)23/h3-6,9H,7-8,10-11H2,1-2H3,(H,18,22). The van der Waals surface area contributed by atoms with Crippen LogP contribution < -0.4 is 5.32 Å². The van der Waals surface area contributed by atoms with Gasteiger partial charge in [-0.3, -0.25) is 0 Å². The third kappa shape index (κ3) is 4.28. The summed E-state index contributed by atoms with van der Waals surface area (Å²) in [6.07, 6.45) is -0.290. The molecule has 1 aliphatic heterocycles. The van der Waals surface area contributed by atoms with Gasteiger partial charge < -0.3 is 24.4 Å². The number of hydrogen-bond donors (Lipinski definition) is 1. The molecule has 1 aliphatic rings. The highest BCUT2D eigenvalue weighted by atomic mass is 16.6. The lowest BCUT2D eigenvalue weighted by Gasteiger charge is -2.17. The number of hydrogen-bond acceptors (Lipinski definition) is 5. The SMILES string of the molecule is Cc1cc(CN(C)C(=O)Nc2ccc(CN3CCOC3=O)cc2)no1. The van der Waals surface area contributed by atoms with Crippen molar-refractivity contribution in [3.63, 3.8) is 0 Å². The zero-order chi connectivity index (χ0) is 17.8. The van der Waals surface area contributed by atoms with Crippen molar-refractivity contribution >= 4 is 17.8 Å². The second-order valence-electron chi connectivity index (χ2n) is 5.95. The first-order chi connectivity index (χ1) is 12.0. The predicted octanol–water partition coefficient (Wildman–Crippen LogP) is 2.60. The Morgan fingerprint density at radius 2 is 2.12 bits per heavy atom. The van der Waals surface area contributed by atoms with Crippen molar-refractivity contribution in [3.05, 3.63) is 47.3 Å². The minimum absolute atomic E-state index is 0.239. The summed E-state index contributed by atoms with van der Waals surface area (Å²) in [5, 5.41) is 6.69. The Bertz CT molecular complexity index is 756. The molecule has 1 aromatic carbocycles. The summed E-state index contributed by atoms with van der Waals surface area (Å²) in [7, 11) is 1.69. The van der Waals surface area contributed by atoms with Gasteiger partial charge in [-0.2, -0.15) is 0 Å². The van der Waals surface area contributed by atoms with E-state index in [-0.39, 0.29) is 12.1 Å².